The molecule has 4 amide bonds. The van der Waals surface area contributed by atoms with E-state index in [1.807, 2.05) is 13.8 Å². The van der Waals surface area contributed by atoms with Crippen molar-refractivity contribution in [3.05, 3.63) is 47.5 Å². The fourth-order valence-electron chi connectivity index (χ4n) is 4.99. The number of likely N-dealkylation sites (N-methyl/N-ethyl adjacent to an activating group) is 1. The molecule has 1 aliphatic rings. The van der Waals surface area contributed by atoms with Crippen LogP contribution in [-0.4, -0.2) is 82.5 Å². The van der Waals surface area contributed by atoms with Gasteiger partial charge in [-0.15, -0.1) is 0 Å². The minimum Gasteiger partial charge on any atom is -0.507 e. The van der Waals surface area contributed by atoms with Crippen molar-refractivity contribution in [1.82, 2.24) is 20.9 Å². The third kappa shape index (κ3) is 14.2. The van der Waals surface area contributed by atoms with E-state index in [9.17, 15) is 39.3 Å². The van der Waals surface area contributed by atoms with Gasteiger partial charge in [0.05, 0.1) is 13.1 Å². The molecular weight excluding hydrogens is 630 g/mol. The van der Waals surface area contributed by atoms with Gasteiger partial charge in [0.2, 0.25) is 23.6 Å². The Bertz CT molecular complexity index is 1380. The third-order valence-corrected chi connectivity index (χ3v) is 7.71. The number of carbonyl (C=O) groups excluding carboxylic acids is 4. The molecule has 8 N–H and O–H groups in total. The Morgan fingerprint density at radius 2 is 1.53 bits per heavy atom. The van der Waals surface area contributed by atoms with Crippen LogP contribution in [0, 0.1) is 0 Å². The van der Waals surface area contributed by atoms with Crippen LogP contribution in [0.3, 0.4) is 0 Å². The zero-order valence-electron chi connectivity index (χ0n) is 29.5. The number of hydrogen-bond acceptors (Lipinski definition) is 8. The van der Waals surface area contributed by atoms with E-state index < -0.39 is 42.3 Å². The van der Waals surface area contributed by atoms with E-state index >= 15 is 0 Å². The number of carboxylic acids is 1. The lowest BCUT2D eigenvalue weighted by Gasteiger charge is -2.28. The number of carboxylic acid groups (broad SMARTS) is 1. The van der Waals surface area contributed by atoms with Gasteiger partial charge >= 0.3 is 5.97 Å². The summed E-state index contributed by atoms with van der Waals surface area (Å²) in [6.07, 6.45) is 7.39. The molecule has 1 aliphatic heterocycles. The molecule has 13 heteroatoms. The fourth-order valence-corrected chi connectivity index (χ4v) is 4.99. The van der Waals surface area contributed by atoms with Crippen molar-refractivity contribution in [2.75, 3.05) is 26.7 Å². The van der Waals surface area contributed by atoms with Crippen LogP contribution in [-0.2, 0) is 30.4 Å². The van der Waals surface area contributed by atoms with E-state index in [1.165, 1.54) is 56.3 Å². The van der Waals surface area contributed by atoms with E-state index in [-0.39, 0.29) is 53.5 Å². The number of carbonyl (C=O) groups is 5. The maximum Gasteiger partial charge on any atom is 0.326 e. The molecule has 0 saturated heterocycles. The second-order valence-electron chi connectivity index (χ2n) is 11.5. The highest BCUT2D eigenvalue weighted by Crippen LogP contribution is 2.38. The first-order valence-corrected chi connectivity index (χ1v) is 17.1. The number of phenols is 2. The Hall–Kier alpha value is -4.65. The van der Waals surface area contributed by atoms with Gasteiger partial charge in [0.1, 0.15) is 23.6 Å². The van der Waals surface area contributed by atoms with E-state index in [0.717, 1.165) is 37.1 Å². The van der Waals surface area contributed by atoms with Gasteiger partial charge in [-0.25, -0.2) is 4.79 Å². The zero-order valence-corrected chi connectivity index (χ0v) is 29.5. The van der Waals surface area contributed by atoms with E-state index in [2.05, 4.69) is 29.8 Å². The highest BCUT2D eigenvalue weighted by Gasteiger charge is 2.31. The maximum atomic E-state index is 13.4. The molecular formula is C36H55N5O8. The summed E-state index contributed by atoms with van der Waals surface area (Å²) in [6.45, 7) is 8.16. The topological polar surface area (TPSA) is 211 Å². The highest BCUT2D eigenvalue weighted by molar-refractivity contribution is 5.94. The second-order valence-corrected chi connectivity index (χ2v) is 11.5. The molecule has 0 fully saturated rings. The molecule has 2 aromatic rings. The predicted molar refractivity (Wildman–Crippen MR) is 189 cm³/mol. The molecule has 2 aromatic carbocycles. The van der Waals surface area contributed by atoms with Crippen LogP contribution < -0.4 is 21.7 Å². The van der Waals surface area contributed by atoms with Gasteiger partial charge in [0, 0.05) is 31.0 Å². The summed E-state index contributed by atoms with van der Waals surface area (Å²) in [5.74, 6) is -4.09. The zero-order chi connectivity index (χ0) is 36.9. The van der Waals surface area contributed by atoms with Gasteiger partial charge in [-0.3, -0.25) is 19.2 Å². The van der Waals surface area contributed by atoms with Crippen molar-refractivity contribution < 1.29 is 39.3 Å². The monoisotopic (exact) mass is 685 g/mol. The maximum absolute atomic E-state index is 13.4. The highest BCUT2D eigenvalue weighted by atomic mass is 16.4. The van der Waals surface area contributed by atoms with Gasteiger partial charge in [0.15, 0.2) is 0 Å². The molecule has 4 bridgehead atoms. The number of rotatable bonds is 12. The van der Waals surface area contributed by atoms with Crippen LogP contribution in [0.1, 0.15) is 96.2 Å². The predicted octanol–water partition coefficient (Wildman–Crippen LogP) is 3.75. The summed E-state index contributed by atoms with van der Waals surface area (Å²) < 4.78 is 0. The number of nitrogens with one attached hydrogen (secondary N) is 3. The smallest absolute Gasteiger partial charge is 0.326 e. The number of fused-ring (bicyclic) bond motifs is 5. The lowest BCUT2D eigenvalue weighted by molar-refractivity contribution is -0.142. The standard InChI is InChI=1S/C30H38N4O8.C4H11N.C2H6/c1-3-4-5-6-7-8-25(37)31-17-27(39)34(2)28-19-10-12-24(36)21(15-19)20-13-18(9-11-23(20)35)14-22(30(41)42)33-26(38)16-32-29(28)40;1-2-3-4-5;1-2/h9-13,15,22,28,35-36H,3-8,14,16-17H2,1-2H3,(H,31,37)(H,32,40)(H,33,38)(H,41,42);2-5H2,1H3;1-2H3. The average Bonchev–Trinajstić information content (AvgIpc) is 3.08. The summed E-state index contributed by atoms with van der Waals surface area (Å²) >= 11 is 0. The van der Waals surface area contributed by atoms with Crippen LogP contribution in [0.15, 0.2) is 36.4 Å². The summed E-state index contributed by atoms with van der Waals surface area (Å²) in [7, 11) is 1.37. The number of aliphatic carboxylic acids is 1. The van der Waals surface area contributed by atoms with Gasteiger partial charge in [0.25, 0.3) is 0 Å². The van der Waals surface area contributed by atoms with Crippen molar-refractivity contribution in [2.45, 2.75) is 97.6 Å². The molecule has 0 aliphatic carbocycles. The molecule has 2 atom stereocenters. The first kappa shape index (κ1) is 42.4. The van der Waals surface area contributed by atoms with Gasteiger partial charge < -0.3 is 41.9 Å². The van der Waals surface area contributed by atoms with Crippen LogP contribution >= 0.6 is 0 Å². The van der Waals surface area contributed by atoms with Crippen molar-refractivity contribution in [3.8, 4) is 22.6 Å². The Labute approximate surface area is 289 Å². The van der Waals surface area contributed by atoms with Crippen molar-refractivity contribution in [2.24, 2.45) is 5.73 Å². The lowest BCUT2D eigenvalue weighted by atomic mass is 9.94. The quantitative estimate of drug-likeness (QED) is 0.162. The number of unbranched alkanes of at least 4 members (excludes halogenated alkanes) is 5. The summed E-state index contributed by atoms with van der Waals surface area (Å²) in [4.78, 5) is 64.3. The van der Waals surface area contributed by atoms with E-state index in [0.29, 0.717) is 12.0 Å². The van der Waals surface area contributed by atoms with Crippen LogP contribution in [0.25, 0.3) is 11.1 Å². The minimum atomic E-state index is -1.33. The second kappa shape index (κ2) is 22.8. The Balaban J connectivity index is 0.00000157. The molecule has 13 nitrogen and oxygen atoms in total. The summed E-state index contributed by atoms with van der Waals surface area (Å²) in [6, 6.07) is 5.91. The number of phenolic OH excluding ortho intramolecular Hbond substituents is 2. The number of hydrogen-bond donors (Lipinski definition) is 7. The van der Waals surface area contributed by atoms with E-state index in [1.54, 1.807) is 0 Å². The van der Waals surface area contributed by atoms with Gasteiger partial charge in [-0.1, -0.05) is 71.9 Å². The molecule has 0 spiro atoms. The Kier molecular flexibility index (Phi) is 19.7. The fraction of sp³-hybridized carbons (Fsp3) is 0.528. The molecule has 0 saturated carbocycles. The van der Waals surface area contributed by atoms with Crippen molar-refractivity contribution in [3.63, 3.8) is 0 Å². The molecule has 0 radical (unpaired) electrons. The number of aromatic hydroxyl groups is 2. The normalized spacial score (nSPS) is 15.5. The SMILES string of the molecule is CC.CCCCCCCC(=O)NCC(=O)N(C)C1C(=O)NCC(=O)NC(C(=O)O)Cc2ccc(O)c(c2)-c2cc1ccc2O.CCCCN. The van der Waals surface area contributed by atoms with Crippen molar-refractivity contribution in [1.29, 1.82) is 0 Å². The molecule has 49 heavy (non-hydrogen) atoms. The number of nitrogens with zero attached hydrogens (tertiary/aromatic N) is 1. The Morgan fingerprint density at radius 3 is 2.12 bits per heavy atom. The molecule has 1 heterocycles. The van der Waals surface area contributed by atoms with Crippen molar-refractivity contribution >= 4 is 29.6 Å². The first-order chi connectivity index (χ1) is 23.4. The van der Waals surface area contributed by atoms with Crippen LogP contribution in [0.5, 0.6) is 11.5 Å². The number of nitrogens with two attached hydrogens (primary N) is 1. The minimum absolute atomic E-state index is 0.118. The average molecular weight is 686 g/mol. The Morgan fingerprint density at radius 1 is 0.918 bits per heavy atom. The first-order valence-electron chi connectivity index (χ1n) is 17.1. The van der Waals surface area contributed by atoms with Gasteiger partial charge in [-0.05, 0) is 54.8 Å². The largest absolute Gasteiger partial charge is 0.507 e. The van der Waals surface area contributed by atoms with Gasteiger partial charge in [-0.2, -0.15) is 0 Å². The molecule has 0 aromatic heterocycles. The van der Waals surface area contributed by atoms with Crippen LogP contribution in [0.2, 0.25) is 0 Å². The lowest BCUT2D eigenvalue weighted by Crippen LogP contribution is -2.49. The van der Waals surface area contributed by atoms with Crippen LogP contribution in [0.4, 0.5) is 0 Å². The number of benzene rings is 2. The third-order valence-electron chi connectivity index (χ3n) is 7.71. The summed E-state index contributed by atoms with van der Waals surface area (Å²) in [5.41, 5.74) is 6.18. The molecule has 3 rings (SSSR count). The summed E-state index contributed by atoms with van der Waals surface area (Å²) in [5, 5.41) is 38.3. The number of amides is 4. The van der Waals surface area contributed by atoms with E-state index in [4.69, 9.17) is 5.73 Å². The molecule has 272 valence electrons. The molecule has 2 unspecified atom stereocenters.